The van der Waals surface area contributed by atoms with Crippen molar-refractivity contribution in [1.82, 2.24) is 15.1 Å². The Hall–Kier alpha value is -3.26. The molecule has 3 amide bonds. The summed E-state index contributed by atoms with van der Waals surface area (Å²) in [6.07, 6.45) is 1.80. The zero-order valence-electron chi connectivity index (χ0n) is 18.5. The summed E-state index contributed by atoms with van der Waals surface area (Å²) in [4.78, 5) is 27.2. The number of nitrogens with zero attached hydrogens (tertiary/aromatic N) is 3. The van der Waals surface area contributed by atoms with E-state index >= 15 is 0 Å². The summed E-state index contributed by atoms with van der Waals surface area (Å²) >= 11 is 1.30. The van der Waals surface area contributed by atoms with Gasteiger partial charge in [-0.3, -0.25) is 4.79 Å². The van der Waals surface area contributed by atoms with Gasteiger partial charge in [-0.1, -0.05) is 41.2 Å². The van der Waals surface area contributed by atoms with E-state index in [9.17, 15) is 9.59 Å². The fraction of sp³-hybridized carbons (Fsp3) is 0.333. The number of nitrogens with one attached hydrogen (secondary N) is 2. The summed E-state index contributed by atoms with van der Waals surface area (Å²) < 4.78 is 0. The number of rotatable bonds is 4. The highest BCUT2D eigenvalue weighted by Crippen LogP contribution is 2.30. The van der Waals surface area contributed by atoms with Crippen LogP contribution in [0.3, 0.4) is 0 Å². The highest BCUT2D eigenvalue weighted by molar-refractivity contribution is 7.13. The van der Waals surface area contributed by atoms with Crippen LogP contribution in [0.4, 0.5) is 16.2 Å². The maximum Gasteiger partial charge on any atom is 0.321 e. The molecular weight excluding hydrogens is 422 g/mol. The molecule has 2 N–H and O–H groups in total. The Morgan fingerprint density at radius 1 is 1.00 bits per heavy atom. The van der Waals surface area contributed by atoms with Crippen LogP contribution in [0.5, 0.6) is 0 Å². The highest BCUT2D eigenvalue weighted by atomic mass is 32.1. The molecule has 3 aromatic rings. The van der Waals surface area contributed by atoms with Gasteiger partial charge in [-0.05, 0) is 62.9 Å². The molecule has 8 heteroatoms. The van der Waals surface area contributed by atoms with Crippen molar-refractivity contribution in [3.05, 3.63) is 69.2 Å². The number of urea groups is 1. The second-order valence-electron chi connectivity index (χ2n) is 8.30. The van der Waals surface area contributed by atoms with Gasteiger partial charge in [-0.25, -0.2) is 4.79 Å². The van der Waals surface area contributed by atoms with Gasteiger partial charge in [0.15, 0.2) is 0 Å². The summed E-state index contributed by atoms with van der Waals surface area (Å²) in [5.74, 6) is -0.190. The van der Waals surface area contributed by atoms with Crippen LogP contribution in [0.25, 0.3) is 0 Å². The molecule has 0 saturated carbocycles. The second kappa shape index (κ2) is 9.48. The lowest BCUT2D eigenvalue weighted by atomic mass is 9.99. The van der Waals surface area contributed by atoms with Gasteiger partial charge < -0.3 is 15.5 Å². The van der Waals surface area contributed by atoms with Crippen molar-refractivity contribution >= 4 is 34.6 Å². The van der Waals surface area contributed by atoms with Gasteiger partial charge in [0.25, 0.3) is 5.91 Å². The molecule has 1 fully saturated rings. The monoisotopic (exact) mass is 449 g/mol. The Balaban J connectivity index is 1.39. The Bertz CT molecular complexity index is 1130. The summed E-state index contributed by atoms with van der Waals surface area (Å²) in [6, 6.07) is 13.5. The van der Waals surface area contributed by atoms with E-state index in [1.54, 1.807) is 0 Å². The molecule has 1 aliphatic rings. The first kappa shape index (κ1) is 22.0. The zero-order valence-corrected chi connectivity index (χ0v) is 19.3. The SMILES string of the molecule is Cc1ccc(NC(=O)c2nnc([C@@H]3CCCN(C(=O)Nc4cc(C)ccc4C)C3)s2)cc1. The number of carbonyl (C=O) groups is 2. The van der Waals surface area contributed by atoms with Gasteiger partial charge in [0.05, 0.1) is 0 Å². The van der Waals surface area contributed by atoms with Gasteiger partial charge in [-0.2, -0.15) is 0 Å². The molecule has 1 saturated heterocycles. The molecular formula is C24H27N5O2S. The lowest BCUT2D eigenvalue weighted by molar-refractivity contribution is 0.102. The maximum atomic E-state index is 12.9. The number of aromatic nitrogens is 2. The van der Waals surface area contributed by atoms with Gasteiger partial charge in [0.2, 0.25) is 5.01 Å². The van der Waals surface area contributed by atoms with Crippen LogP contribution in [0.15, 0.2) is 42.5 Å². The molecule has 7 nitrogen and oxygen atoms in total. The van der Waals surface area contributed by atoms with Crippen molar-refractivity contribution in [2.75, 3.05) is 23.7 Å². The smallest absolute Gasteiger partial charge is 0.321 e. The molecule has 0 bridgehead atoms. The van der Waals surface area contributed by atoms with Crippen molar-refractivity contribution in [3.63, 3.8) is 0 Å². The van der Waals surface area contributed by atoms with Crippen LogP contribution >= 0.6 is 11.3 Å². The van der Waals surface area contributed by atoms with Crippen LogP contribution in [0, 0.1) is 20.8 Å². The number of anilines is 2. The van der Waals surface area contributed by atoms with Crippen LogP contribution in [-0.4, -0.2) is 40.1 Å². The van der Waals surface area contributed by atoms with E-state index < -0.39 is 0 Å². The zero-order chi connectivity index (χ0) is 22.7. The highest BCUT2D eigenvalue weighted by Gasteiger charge is 2.28. The van der Waals surface area contributed by atoms with Crippen molar-refractivity contribution < 1.29 is 9.59 Å². The van der Waals surface area contributed by atoms with Crippen molar-refractivity contribution in [2.24, 2.45) is 0 Å². The molecule has 0 unspecified atom stereocenters. The van der Waals surface area contributed by atoms with E-state index in [1.807, 2.05) is 68.1 Å². The molecule has 2 heterocycles. The quantitative estimate of drug-likeness (QED) is 0.578. The molecule has 2 aromatic carbocycles. The minimum atomic E-state index is -0.266. The Morgan fingerprint density at radius 3 is 2.53 bits per heavy atom. The summed E-state index contributed by atoms with van der Waals surface area (Å²) in [6.45, 7) is 7.25. The lowest BCUT2D eigenvalue weighted by Crippen LogP contribution is -2.41. The molecule has 1 aliphatic heterocycles. The summed E-state index contributed by atoms with van der Waals surface area (Å²) in [5.41, 5.74) is 4.83. The van der Waals surface area contributed by atoms with Crippen molar-refractivity contribution in [2.45, 2.75) is 39.5 Å². The van der Waals surface area contributed by atoms with Gasteiger partial charge in [-0.15, -0.1) is 10.2 Å². The predicted octanol–water partition coefficient (Wildman–Crippen LogP) is 5.13. The van der Waals surface area contributed by atoms with E-state index in [4.69, 9.17) is 0 Å². The van der Waals surface area contributed by atoms with Gasteiger partial charge in [0, 0.05) is 30.4 Å². The average Bonchev–Trinajstić information content (AvgIpc) is 3.28. The number of piperidine rings is 1. The number of hydrogen-bond acceptors (Lipinski definition) is 5. The van der Waals surface area contributed by atoms with E-state index in [-0.39, 0.29) is 17.9 Å². The van der Waals surface area contributed by atoms with Crippen LogP contribution in [-0.2, 0) is 0 Å². The normalized spacial score (nSPS) is 16.0. The third-order valence-electron chi connectivity index (χ3n) is 5.64. The average molecular weight is 450 g/mol. The number of aryl methyl sites for hydroxylation is 3. The van der Waals surface area contributed by atoms with E-state index in [2.05, 4.69) is 20.8 Å². The largest absolute Gasteiger partial charge is 0.324 e. The third kappa shape index (κ3) is 5.13. The predicted molar refractivity (Wildman–Crippen MR) is 128 cm³/mol. The summed E-state index contributed by atoms with van der Waals surface area (Å²) in [7, 11) is 0. The van der Waals surface area contributed by atoms with E-state index in [0.29, 0.717) is 18.1 Å². The molecule has 0 radical (unpaired) electrons. The fourth-order valence-corrected chi connectivity index (χ4v) is 4.60. The number of carbonyl (C=O) groups excluding carboxylic acids is 2. The van der Waals surface area contributed by atoms with Crippen LogP contribution in [0.1, 0.15) is 50.3 Å². The van der Waals surface area contributed by atoms with Gasteiger partial charge in [0.1, 0.15) is 5.01 Å². The number of amides is 3. The third-order valence-corrected chi connectivity index (χ3v) is 6.72. The first-order valence-electron chi connectivity index (χ1n) is 10.7. The lowest BCUT2D eigenvalue weighted by Gasteiger charge is -2.31. The Morgan fingerprint density at radius 2 is 1.75 bits per heavy atom. The minimum absolute atomic E-state index is 0.0755. The molecule has 32 heavy (non-hydrogen) atoms. The van der Waals surface area contributed by atoms with Crippen LogP contribution < -0.4 is 10.6 Å². The molecule has 4 rings (SSSR count). The number of likely N-dealkylation sites (tertiary alicyclic amines) is 1. The first-order valence-corrected chi connectivity index (χ1v) is 11.6. The summed E-state index contributed by atoms with van der Waals surface area (Å²) in [5, 5.41) is 15.4. The van der Waals surface area contributed by atoms with E-state index in [0.717, 1.165) is 45.9 Å². The second-order valence-corrected chi connectivity index (χ2v) is 9.31. The van der Waals surface area contributed by atoms with Gasteiger partial charge >= 0.3 is 6.03 Å². The minimum Gasteiger partial charge on any atom is -0.324 e. The maximum absolute atomic E-state index is 12.9. The standard InChI is InChI=1S/C24H27N5O2S/c1-15-7-10-19(11-8-15)25-21(30)23-28-27-22(32-23)18-5-4-12-29(14-18)24(31)26-20-13-16(2)6-9-17(20)3/h6-11,13,18H,4-5,12,14H2,1-3H3,(H,25,30)(H,26,31)/t18-/m1/s1. The molecule has 0 aliphatic carbocycles. The molecule has 1 atom stereocenters. The van der Waals surface area contributed by atoms with Crippen LogP contribution in [0.2, 0.25) is 0 Å². The fourth-order valence-electron chi connectivity index (χ4n) is 3.74. The Labute approximate surface area is 191 Å². The Kier molecular flexibility index (Phi) is 6.50. The molecule has 166 valence electrons. The van der Waals surface area contributed by atoms with Crippen molar-refractivity contribution in [3.8, 4) is 0 Å². The van der Waals surface area contributed by atoms with E-state index in [1.165, 1.54) is 11.3 Å². The molecule has 0 spiro atoms. The van der Waals surface area contributed by atoms with Crippen molar-refractivity contribution in [1.29, 1.82) is 0 Å². The molecule has 1 aromatic heterocycles. The first-order chi connectivity index (χ1) is 15.4. The number of hydrogen-bond donors (Lipinski definition) is 2. The number of benzene rings is 2. The topological polar surface area (TPSA) is 87.2 Å².